The van der Waals surface area contributed by atoms with Crippen LogP contribution in [0.5, 0.6) is 5.75 Å². The molecule has 1 aromatic heterocycles. The van der Waals surface area contributed by atoms with Gasteiger partial charge in [-0.25, -0.2) is 9.59 Å². The van der Waals surface area contributed by atoms with E-state index in [4.69, 9.17) is 9.47 Å². The van der Waals surface area contributed by atoms with E-state index in [1.807, 2.05) is 34.9 Å². The van der Waals surface area contributed by atoms with Crippen molar-refractivity contribution in [2.75, 3.05) is 6.61 Å². The second kappa shape index (κ2) is 9.05. The molecule has 174 valence electrons. The summed E-state index contributed by atoms with van der Waals surface area (Å²) in [5.74, 6) is -1.38. The molecule has 0 saturated heterocycles. The lowest BCUT2D eigenvalue weighted by Crippen LogP contribution is -2.11. The normalized spacial score (nSPS) is 11.4. The zero-order valence-electron chi connectivity index (χ0n) is 18.3. The van der Waals surface area contributed by atoms with Crippen molar-refractivity contribution < 1.29 is 32.2 Å². The van der Waals surface area contributed by atoms with Crippen LogP contribution in [0.25, 0.3) is 16.6 Å². The van der Waals surface area contributed by atoms with Gasteiger partial charge in [-0.2, -0.15) is 13.2 Å². The molecule has 0 N–H and O–H groups in total. The van der Waals surface area contributed by atoms with E-state index in [9.17, 15) is 22.8 Å². The van der Waals surface area contributed by atoms with Crippen molar-refractivity contribution in [2.24, 2.45) is 0 Å². The summed E-state index contributed by atoms with van der Waals surface area (Å²) < 4.78 is 51.5. The van der Waals surface area contributed by atoms with Gasteiger partial charge in [-0.3, -0.25) is 0 Å². The van der Waals surface area contributed by atoms with Crippen LogP contribution in [0.2, 0.25) is 0 Å². The SMILES string of the molecule is CCOC(=O)c1c(C)n(-c2ccccc2)c2ccc(OC(=O)c3cccc(C(F)(F)F)c3)cc12. The highest BCUT2D eigenvalue weighted by Gasteiger charge is 2.31. The van der Waals surface area contributed by atoms with Gasteiger partial charge in [0.05, 0.1) is 28.8 Å². The minimum atomic E-state index is -4.58. The predicted molar refractivity (Wildman–Crippen MR) is 120 cm³/mol. The smallest absolute Gasteiger partial charge is 0.416 e. The first-order valence-corrected chi connectivity index (χ1v) is 10.5. The second-order valence-corrected chi connectivity index (χ2v) is 7.50. The first-order valence-electron chi connectivity index (χ1n) is 10.5. The van der Waals surface area contributed by atoms with E-state index in [1.54, 1.807) is 19.9 Å². The number of nitrogens with zero attached hydrogens (tertiary/aromatic N) is 1. The fraction of sp³-hybridized carbons (Fsp3) is 0.154. The van der Waals surface area contributed by atoms with Crippen LogP contribution in [0.4, 0.5) is 13.2 Å². The third-order valence-corrected chi connectivity index (χ3v) is 5.31. The maximum Gasteiger partial charge on any atom is 0.416 e. The first kappa shape index (κ1) is 23.1. The molecule has 0 aliphatic carbocycles. The molecule has 0 aliphatic rings. The number of aromatic nitrogens is 1. The van der Waals surface area contributed by atoms with Crippen LogP contribution >= 0.6 is 0 Å². The van der Waals surface area contributed by atoms with E-state index in [1.165, 1.54) is 18.2 Å². The van der Waals surface area contributed by atoms with Crippen LogP contribution in [0.1, 0.15) is 38.9 Å². The molecular weight excluding hydrogens is 447 g/mol. The van der Waals surface area contributed by atoms with Crippen molar-refractivity contribution in [3.63, 3.8) is 0 Å². The molecule has 8 heteroatoms. The summed E-state index contributed by atoms with van der Waals surface area (Å²) in [6.45, 7) is 3.67. The fourth-order valence-corrected chi connectivity index (χ4v) is 3.82. The van der Waals surface area contributed by atoms with Gasteiger partial charge in [-0.05, 0) is 62.4 Å². The first-order chi connectivity index (χ1) is 16.2. The lowest BCUT2D eigenvalue weighted by molar-refractivity contribution is -0.137. The predicted octanol–water partition coefficient (Wildman–Crippen LogP) is 6.35. The lowest BCUT2D eigenvalue weighted by Gasteiger charge is -2.10. The topological polar surface area (TPSA) is 57.5 Å². The van der Waals surface area contributed by atoms with Gasteiger partial charge in [-0.15, -0.1) is 0 Å². The maximum atomic E-state index is 13.0. The Hall–Kier alpha value is -4.07. The molecule has 0 fully saturated rings. The zero-order valence-corrected chi connectivity index (χ0v) is 18.3. The fourth-order valence-electron chi connectivity index (χ4n) is 3.82. The molecule has 0 spiro atoms. The summed E-state index contributed by atoms with van der Waals surface area (Å²) in [5.41, 5.74) is 1.29. The van der Waals surface area contributed by atoms with Crippen molar-refractivity contribution in [3.8, 4) is 11.4 Å². The Morgan fingerprint density at radius 1 is 0.912 bits per heavy atom. The van der Waals surface area contributed by atoms with Crippen molar-refractivity contribution >= 4 is 22.8 Å². The number of fused-ring (bicyclic) bond motifs is 1. The van der Waals surface area contributed by atoms with E-state index in [2.05, 4.69) is 0 Å². The minimum Gasteiger partial charge on any atom is -0.462 e. The minimum absolute atomic E-state index is 0.0886. The molecule has 0 bridgehead atoms. The standard InChI is InChI=1S/C26H20F3NO4/c1-3-33-25(32)23-16(2)30(19-10-5-4-6-11-19)22-13-12-20(15-21(22)23)34-24(31)17-8-7-9-18(14-17)26(27,28)29/h4-15H,3H2,1-2H3. The molecule has 0 radical (unpaired) electrons. The van der Waals surface area contributed by atoms with E-state index in [-0.39, 0.29) is 17.9 Å². The molecule has 0 aliphatic heterocycles. The molecule has 34 heavy (non-hydrogen) atoms. The molecule has 1 heterocycles. The summed E-state index contributed by atoms with van der Waals surface area (Å²) in [6, 6.07) is 18.1. The Balaban J connectivity index is 1.77. The number of para-hydroxylation sites is 1. The van der Waals surface area contributed by atoms with Gasteiger partial charge in [-0.1, -0.05) is 24.3 Å². The van der Waals surface area contributed by atoms with E-state index in [0.29, 0.717) is 22.2 Å². The Bertz CT molecular complexity index is 1370. The summed E-state index contributed by atoms with van der Waals surface area (Å²) in [6.07, 6.45) is -4.58. The number of hydrogen-bond acceptors (Lipinski definition) is 4. The molecule has 0 amide bonds. The number of benzene rings is 3. The Kier molecular flexibility index (Phi) is 6.15. The molecule has 4 aromatic rings. The largest absolute Gasteiger partial charge is 0.462 e. The molecule has 0 saturated carbocycles. The van der Waals surface area contributed by atoms with Crippen molar-refractivity contribution in [1.82, 2.24) is 4.57 Å². The van der Waals surface area contributed by atoms with Crippen LogP contribution in [0.3, 0.4) is 0 Å². The third kappa shape index (κ3) is 4.39. The van der Waals surface area contributed by atoms with Gasteiger partial charge in [0.15, 0.2) is 0 Å². The number of esters is 2. The van der Waals surface area contributed by atoms with Gasteiger partial charge >= 0.3 is 18.1 Å². The van der Waals surface area contributed by atoms with Gasteiger partial charge < -0.3 is 14.0 Å². The summed E-state index contributed by atoms with van der Waals surface area (Å²) >= 11 is 0. The summed E-state index contributed by atoms with van der Waals surface area (Å²) in [5, 5.41) is 0.495. The van der Waals surface area contributed by atoms with Crippen LogP contribution in [-0.4, -0.2) is 23.1 Å². The lowest BCUT2D eigenvalue weighted by atomic mass is 10.1. The van der Waals surface area contributed by atoms with Crippen LogP contribution < -0.4 is 4.74 Å². The Labute approximate surface area is 193 Å². The van der Waals surface area contributed by atoms with Crippen LogP contribution in [0.15, 0.2) is 72.8 Å². The highest BCUT2D eigenvalue weighted by atomic mass is 19.4. The molecular formula is C26H20F3NO4. The second-order valence-electron chi connectivity index (χ2n) is 7.50. The highest BCUT2D eigenvalue weighted by Crippen LogP contribution is 2.33. The maximum absolute atomic E-state index is 13.0. The van der Waals surface area contributed by atoms with Crippen LogP contribution in [-0.2, 0) is 10.9 Å². The number of carbonyl (C=O) groups is 2. The summed E-state index contributed by atoms with van der Waals surface area (Å²) in [4.78, 5) is 25.3. The van der Waals surface area contributed by atoms with Gasteiger partial charge in [0.25, 0.3) is 0 Å². The van der Waals surface area contributed by atoms with E-state index in [0.717, 1.165) is 23.9 Å². The van der Waals surface area contributed by atoms with E-state index < -0.39 is 23.7 Å². The Morgan fingerprint density at radius 2 is 1.65 bits per heavy atom. The monoisotopic (exact) mass is 467 g/mol. The van der Waals surface area contributed by atoms with Gasteiger partial charge in [0.1, 0.15) is 5.75 Å². The quantitative estimate of drug-likeness (QED) is 0.253. The molecule has 5 nitrogen and oxygen atoms in total. The summed E-state index contributed by atoms with van der Waals surface area (Å²) in [7, 11) is 0. The number of carbonyl (C=O) groups excluding carboxylic acids is 2. The van der Waals surface area contributed by atoms with Crippen molar-refractivity contribution in [1.29, 1.82) is 0 Å². The van der Waals surface area contributed by atoms with Crippen LogP contribution in [0, 0.1) is 6.92 Å². The highest BCUT2D eigenvalue weighted by molar-refractivity contribution is 6.07. The molecule has 0 atom stereocenters. The van der Waals surface area contributed by atoms with Crippen molar-refractivity contribution in [2.45, 2.75) is 20.0 Å². The molecule has 3 aromatic carbocycles. The van der Waals surface area contributed by atoms with Crippen molar-refractivity contribution in [3.05, 3.63) is 95.2 Å². The number of ether oxygens (including phenoxy) is 2. The average Bonchev–Trinajstić information content (AvgIpc) is 3.10. The molecule has 0 unspecified atom stereocenters. The third-order valence-electron chi connectivity index (χ3n) is 5.31. The number of alkyl halides is 3. The number of halogens is 3. The zero-order chi connectivity index (χ0) is 24.5. The number of hydrogen-bond donors (Lipinski definition) is 0. The molecule has 4 rings (SSSR count). The van der Waals surface area contributed by atoms with Gasteiger partial charge in [0.2, 0.25) is 0 Å². The average molecular weight is 467 g/mol. The van der Waals surface area contributed by atoms with Gasteiger partial charge in [0, 0.05) is 16.8 Å². The van der Waals surface area contributed by atoms with E-state index >= 15 is 0 Å². The number of rotatable bonds is 5. The Morgan fingerprint density at radius 3 is 2.32 bits per heavy atom.